The quantitative estimate of drug-likeness (QED) is 0.621. The predicted molar refractivity (Wildman–Crippen MR) is 143 cm³/mol. The van der Waals surface area contributed by atoms with Gasteiger partial charge in [-0.25, -0.2) is 4.58 Å². The molecule has 8 heteroatoms. The molecule has 0 spiro atoms. The Morgan fingerprint density at radius 3 is 2.25 bits per heavy atom. The number of allylic oxidation sites excluding steroid dienone is 1. The highest BCUT2D eigenvalue weighted by atomic mass is 32.2. The molecule has 1 heterocycles. The van der Waals surface area contributed by atoms with Gasteiger partial charge in [-0.05, 0) is 64.8 Å². The summed E-state index contributed by atoms with van der Waals surface area (Å²) >= 11 is 0. The monoisotopic (exact) mass is 511 g/mol. The van der Waals surface area contributed by atoms with Gasteiger partial charge < -0.3 is 10.0 Å². The van der Waals surface area contributed by atoms with E-state index in [1.165, 1.54) is 44.1 Å². The van der Waals surface area contributed by atoms with E-state index < -0.39 is 16.6 Å². The van der Waals surface area contributed by atoms with E-state index in [1.807, 2.05) is 0 Å². The van der Waals surface area contributed by atoms with Crippen LogP contribution in [-0.2, 0) is 20.8 Å². The van der Waals surface area contributed by atoms with Crippen LogP contribution in [0.2, 0.25) is 0 Å². The Balaban J connectivity index is 0.000000840. The minimum atomic E-state index is -3.11. The molecule has 0 atom stereocenters. The summed E-state index contributed by atoms with van der Waals surface area (Å²) in [5, 5.41) is 11.6. The molecule has 0 amide bonds. The summed E-state index contributed by atoms with van der Waals surface area (Å²) < 4.78 is 27.7. The highest BCUT2D eigenvalue weighted by molar-refractivity contribution is 7.59. The molecular formula is C28H35N2O5S+. The van der Waals surface area contributed by atoms with Gasteiger partial charge in [0.25, 0.3) is 0 Å². The fourth-order valence-electron chi connectivity index (χ4n) is 5.40. The molecule has 0 fully saturated rings. The first kappa shape index (κ1) is 27.3. The molecule has 2 aromatic rings. The molecule has 1 aliphatic carbocycles. The highest BCUT2D eigenvalue weighted by Gasteiger charge is 2.36. The standard InChI is InChI=1S/C28H34N2O2.O3S/c1-18-17-27(2,3)30(12-8-9-26(31)32)25-16-24-20(14-22(18)25)13-19-10-11-21(29(6)7)15-23(19)28(24,4)5;1-4(2)3/h10-11,13-17H,8-9,12H2,1-7H3;/p+1. The van der Waals surface area contributed by atoms with Crippen LogP contribution in [0.3, 0.4) is 0 Å². The van der Waals surface area contributed by atoms with Gasteiger partial charge in [-0.3, -0.25) is 4.79 Å². The van der Waals surface area contributed by atoms with Crippen molar-refractivity contribution in [3.63, 3.8) is 0 Å². The van der Waals surface area contributed by atoms with Crippen LogP contribution in [0, 0.1) is 0 Å². The van der Waals surface area contributed by atoms with E-state index in [9.17, 15) is 4.79 Å². The van der Waals surface area contributed by atoms with E-state index in [0.717, 1.165) is 6.54 Å². The summed E-state index contributed by atoms with van der Waals surface area (Å²) in [6.45, 7) is 12.0. The summed E-state index contributed by atoms with van der Waals surface area (Å²) in [5.41, 5.74) is 7.39. The zero-order chi connectivity index (χ0) is 27.0. The number of carboxylic acid groups (broad SMARTS) is 1. The van der Waals surface area contributed by atoms with Crippen molar-refractivity contribution in [1.82, 2.24) is 4.58 Å². The van der Waals surface area contributed by atoms with Crippen LogP contribution < -0.4 is 20.1 Å². The Labute approximate surface area is 214 Å². The number of carbonyl (C=O) groups is 1. The molecule has 1 N–H and O–H groups in total. The van der Waals surface area contributed by atoms with Crippen LogP contribution in [0.4, 0.5) is 5.69 Å². The second-order valence-corrected chi connectivity index (χ2v) is 11.1. The minimum absolute atomic E-state index is 0.133. The summed E-state index contributed by atoms with van der Waals surface area (Å²) in [7, 11) is 1.05. The lowest BCUT2D eigenvalue weighted by Crippen LogP contribution is -2.50. The predicted octanol–water partition coefficient (Wildman–Crippen LogP) is 2.77. The van der Waals surface area contributed by atoms with Gasteiger partial charge in [0.2, 0.25) is 5.36 Å². The highest BCUT2D eigenvalue weighted by Crippen LogP contribution is 2.37. The molecule has 7 nitrogen and oxygen atoms in total. The third-order valence-electron chi connectivity index (χ3n) is 7.13. The van der Waals surface area contributed by atoms with E-state index in [-0.39, 0.29) is 17.4 Å². The van der Waals surface area contributed by atoms with Crippen molar-refractivity contribution in [3.8, 4) is 0 Å². The second kappa shape index (κ2) is 10.0. The molecule has 36 heavy (non-hydrogen) atoms. The van der Waals surface area contributed by atoms with Crippen molar-refractivity contribution in [3.05, 3.63) is 69.2 Å². The molecule has 1 aliphatic heterocycles. The van der Waals surface area contributed by atoms with Crippen molar-refractivity contribution in [2.24, 2.45) is 0 Å². The molecular weight excluding hydrogens is 476 g/mol. The first-order valence-electron chi connectivity index (χ1n) is 12.0. The van der Waals surface area contributed by atoms with E-state index in [2.05, 4.69) is 101 Å². The molecule has 0 saturated heterocycles. The molecule has 0 bridgehead atoms. The van der Waals surface area contributed by atoms with Crippen molar-refractivity contribution >= 4 is 33.9 Å². The molecule has 4 rings (SSSR count). The molecule has 192 valence electrons. The number of aliphatic carboxylic acids is 1. The fourth-order valence-corrected chi connectivity index (χ4v) is 5.40. The average Bonchev–Trinajstić information content (AvgIpc) is 2.74. The van der Waals surface area contributed by atoms with Gasteiger partial charge in [-0.1, -0.05) is 19.9 Å². The zero-order valence-corrected chi connectivity index (χ0v) is 22.9. The molecule has 0 unspecified atom stereocenters. The summed E-state index contributed by atoms with van der Waals surface area (Å²) in [6, 6.07) is 11.4. The van der Waals surface area contributed by atoms with Crippen LogP contribution in [0.5, 0.6) is 0 Å². The van der Waals surface area contributed by atoms with Crippen LogP contribution >= 0.6 is 0 Å². The average molecular weight is 512 g/mol. The molecule has 2 aliphatic rings. The Kier molecular flexibility index (Phi) is 7.60. The Hall–Kier alpha value is -3.26. The maximum Gasteiger partial charge on any atom is 0.425 e. The zero-order valence-electron chi connectivity index (χ0n) is 22.0. The SMILES string of the molecule is CC1=CC(C)(C)[N+](CCCC(=O)O)=c2cc3c(cc21)=Cc1ccc(N(C)C)cc1C3(C)C.O=S(=O)=O. The van der Waals surface area contributed by atoms with Gasteiger partial charge in [0.15, 0.2) is 5.54 Å². The van der Waals surface area contributed by atoms with Crippen LogP contribution in [0.25, 0.3) is 11.6 Å². The van der Waals surface area contributed by atoms with Gasteiger partial charge in [0, 0.05) is 57.1 Å². The maximum absolute atomic E-state index is 11.1. The minimum Gasteiger partial charge on any atom is -0.481 e. The number of nitrogens with zero attached hydrogens (tertiary/aromatic N) is 2. The van der Waals surface area contributed by atoms with E-state index in [1.54, 1.807) is 0 Å². The number of hydrogen-bond donors (Lipinski definition) is 1. The largest absolute Gasteiger partial charge is 0.481 e. The van der Waals surface area contributed by atoms with Crippen LogP contribution in [-0.4, -0.2) is 49.9 Å². The Morgan fingerprint density at radius 2 is 1.67 bits per heavy atom. The van der Waals surface area contributed by atoms with E-state index >= 15 is 0 Å². The maximum atomic E-state index is 11.1. The number of rotatable bonds is 5. The Morgan fingerprint density at radius 1 is 1.03 bits per heavy atom. The number of anilines is 1. The summed E-state index contributed by atoms with van der Waals surface area (Å²) in [4.78, 5) is 13.3. The lowest BCUT2D eigenvalue weighted by atomic mass is 9.71. The number of fused-ring (bicyclic) bond motifs is 3. The first-order chi connectivity index (χ1) is 16.6. The molecule has 0 saturated carbocycles. The molecule has 0 radical (unpaired) electrons. The number of benzene rings is 2. The lowest BCUT2D eigenvalue weighted by molar-refractivity contribution is -0.137. The third-order valence-corrected chi connectivity index (χ3v) is 7.13. The first-order valence-corrected chi connectivity index (χ1v) is 13.0. The lowest BCUT2D eigenvalue weighted by Gasteiger charge is -2.33. The van der Waals surface area contributed by atoms with Crippen molar-refractivity contribution in [2.45, 2.75) is 58.4 Å². The van der Waals surface area contributed by atoms with Gasteiger partial charge in [0.1, 0.15) is 6.54 Å². The molecule has 2 aromatic carbocycles. The van der Waals surface area contributed by atoms with E-state index in [0.29, 0.717) is 6.42 Å². The van der Waals surface area contributed by atoms with Crippen molar-refractivity contribution < 1.29 is 22.5 Å². The number of hydrogen-bond acceptors (Lipinski definition) is 5. The molecule has 0 aromatic heterocycles. The summed E-state index contributed by atoms with van der Waals surface area (Å²) in [6.07, 6.45) is 5.45. The topological polar surface area (TPSA) is 94.8 Å². The van der Waals surface area contributed by atoms with Gasteiger partial charge in [0.05, 0.1) is 6.42 Å². The summed E-state index contributed by atoms with van der Waals surface area (Å²) in [5.74, 6) is -0.735. The van der Waals surface area contributed by atoms with Crippen LogP contribution in [0.1, 0.15) is 69.7 Å². The third kappa shape index (κ3) is 5.43. The fraction of sp³-hybridized carbons (Fsp3) is 0.429. The van der Waals surface area contributed by atoms with E-state index in [4.69, 9.17) is 17.7 Å². The normalized spacial score (nSPS) is 16.2. The van der Waals surface area contributed by atoms with Gasteiger partial charge >= 0.3 is 16.6 Å². The van der Waals surface area contributed by atoms with Gasteiger partial charge in [-0.15, -0.1) is 12.6 Å². The van der Waals surface area contributed by atoms with Gasteiger partial charge in [-0.2, -0.15) is 0 Å². The van der Waals surface area contributed by atoms with Crippen LogP contribution in [0.15, 0.2) is 36.4 Å². The van der Waals surface area contributed by atoms with Crippen molar-refractivity contribution in [1.29, 1.82) is 0 Å². The van der Waals surface area contributed by atoms with Crippen molar-refractivity contribution in [2.75, 3.05) is 25.5 Å². The second-order valence-electron chi connectivity index (χ2n) is 10.7. The smallest absolute Gasteiger partial charge is 0.425 e. The Bertz CT molecular complexity index is 1480. The number of carboxylic acids is 1.